The molecule has 1 aliphatic heterocycles. The van der Waals surface area contributed by atoms with Gasteiger partial charge < -0.3 is 15.0 Å². The first-order chi connectivity index (χ1) is 9.26. The van der Waals surface area contributed by atoms with Crippen LogP contribution in [0.2, 0.25) is 0 Å². The van der Waals surface area contributed by atoms with Crippen LogP contribution < -0.4 is 5.32 Å². The third kappa shape index (κ3) is 4.37. The number of nitrogens with zero attached hydrogens (tertiary/aromatic N) is 1. The van der Waals surface area contributed by atoms with Crippen LogP contribution in [0.3, 0.4) is 0 Å². The van der Waals surface area contributed by atoms with Gasteiger partial charge in [0.1, 0.15) is 5.60 Å². The highest BCUT2D eigenvalue weighted by Crippen LogP contribution is 2.33. The maximum absolute atomic E-state index is 12.2. The van der Waals surface area contributed by atoms with E-state index in [4.69, 9.17) is 4.74 Å². The summed E-state index contributed by atoms with van der Waals surface area (Å²) in [5.41, 5.74) is -0.410. The normalized spacial score (nSPS) is 29.1. The first-order valence-corrected chi connectivity index (χ1v) is 8.02. The number of nitrogens with one attached hydrogen (secondary N) is 1. The molecule has 3 unspecified atom stereocenters. The summed E-state index contributed by atoms with van der Waals surface area (Å²) < 4.78 is 5.48. The maximum Gasteiger partial charge on any atom is 0.410 e. The van der Waals surface area contributed by atoms with Gasteiger partial charge in [-0.25, -0.2) is 4.79 Å². The molecule has 1 saturated heterocycles. The van der Waals surface area contributed by atoms with E-state index in [9.17, 15) is 4.79 Å². The molecule has 0 radical (unpaired) electrons. The van der Waals surface area contributed by atoms with Gasteiger partial charge in [-0.05, 0) is 66.2 Å². The largest absolute Gasteiger partial charge is 0.444 e. The van der Waals surface area contributed by atoms with Crippen molar-refractivity contribution >= 4 is 6.09 Å². The highest BCUT2D eigenvalue weighted by molar-refractivity contribution is 5.68. The average Bonchev–Trinajstić information content (AvgIpc) is 3.09. The van der Waals surface area contributed by atoms with Crippen LogP contribution >= 0.6 is 0 Å². The Balaban J connectivity index is 1.80. The zero-order valence-corrected chi connectivity index (χ0v) is 13.6. The summed E-state index contributed by atoms with van der Waals surface area (Å²) in [5, 5.41) is 3.74. The Morgan fingerprint density at radius 1 is 1.30 bits per heavy atom. The molecule has 3 atom stereocenters. The zero-order valence-electron chi connectivity index (χ0n) is 13.6. The molecular weight excluding hydrogens is 252 g/mol. The Kier molecular flexibility index (Phi) is 4.62. The summed E-state index contributed by atoms with van der Waals surface area (Å²) in [6.07, 6.45) is 4.64. The second kappa shape index (κ2) is 5.92. The van der Waals surface area contributed by atoms with Crippen LogP contribution in [0.1, 0.15) is 60.3 Å². The monoisotopic (exact) mass is 282 g/mol. The predicted octanol–water partition coefficient (Wildman–Crippen LogP) is 3.16. The van der Waals surface area contributed by atoms with Crippen LogP contribution in [0.4, 0.5) is 4.79 Å². The van der Waals surface area contributed by atoms with Gasteiger partial charge in [-0.1, -0.05) is 0 Å². The van der Waals surface area contributed by atoms with E-state index in [0.717, 1.165) is 25.3 Å². The number of amides is 1. The quantitative estimate of drug-likeness (QED) is 0.864. The van der Waals surface area contributed by atoms with Crippen molar-refractivity contribution in [2.45, 2.75) is 84.0 Å². The molecule has 0 spiro atoms. The van der Waals surface area contributed by atoms with Crippen LogP contribution in [0.25, 0.3) is 0 Å². The Bertz CT molecular complexity index is 347. The van der Waals surface area contributed by atoms with Crippen molar-refractivity contribution in [3.63, 3.8) is 0 Å². The van der Waals surface area contributed by atoms with Crippen molar-refractivity contribution in [2.24, 2.45) is 5.92 Å². The minimum absolute atomic E-state index is 0.168. The minimum atomic E-state index is -0.410. The molecule has 2 fully saturated rings. The SMILES string of the molecule is CC(NC1CCN(C(=O)OC(C)(C)C)C(C)C1)C1CC1. The predicted molar refractivity (Wildman–Crippen MR) is 80.7 cm³/mol. The van der Waals surface area contributed by atoms with Crippen molar-refractivity contribution < 1.29 is 9.53 Å². The smallest absolute Gasteiger partial charge is 0.410 e. The number of carbonyl (C=O) groups is 1. The molecule has 0 aromatic heterocycles. The molecule has 0 bridgehead atoms. The highest BCUT2D eigenvalue weighted by Gasteiger charge is 2.34. The Hall–Kier alpha value is -0.770. The van der Waals surface area contributed by atoms with Gasteiger partial charge in [0, 0.05) is 24.7 Å². The van der Waals surface area contributed by atoms with Crippen molar-refractivity contribution in [3.05, 3.63) is 0 Å². The van der Waals surface area contributed by atoms with E-state index in [1.165, 1.54) is 12.8 Å². The molecule has 1 amide bonds. The Morgan fingerprint density at radius 2 is 1.95 bits per heavy atom. The molecule has 4 heteroatoms. The van der Waals surface area contributed by atoms with E-state index in [1.54, 1.807) is 0 Å². The standard InChI is InChI=1S/C16H30N2O2/c1-11-10-14(17-12(2)13-6-7-13)8-9-18(11)15(19)20-16(3,4)5/h11-14,17H,6-10H2,1-5H3. The van der Waals surface area contributed by atoms with E-state index < -0.39 is 5.60 Å². The van der Waals surface area contributed by atoms with Crippen LogP contribution in [-0.2, 0) is 4.74 Å². The third-order valence-electron chi connectivity index (χ3n) is 4.33. The van der Waals surface area contributed by atoms with Crippen molar-refractivity contribution in [2.75, 3.05) is 6.54 Å². The van der Waals surface area contributed by atoms with Crippen molar-refractivity contribution in [3.8, 4) is 0 Å². The Labute approximate surface area is 123 Å². The maximum atomic E-state index is 12.2. The lowest BCUT2D eigenvalue weighted by Gasteiger charge is -2.39. The molecule has 20 heavy (non-hydrogen) atoms. The van der Waals surface area contributed by atoms with Gasteiger partial charge in [0.2, 0.25) is 0 Å². The average molecular weight is 282 g/mol. The molecule has 1 heterocycles. The lowest BCUT2D eigenvalue weighted by atomic mass is 9.97. The summed E-state index contributed by atoms with van der Waals surface area (Å²) in [6, 6.07) is 1.42. The van der Waals surface area contributed by atoms with E-state index >= 15 is 0 Å². The van der Waals surface area contributed by atoms with Crippen molar-refractivity contribution in [1.29, 1.82) is 0 Å². The topological polar surface area (TPSA) is 41.6 Å². The van der Waals surface area contributed by atoms with Gasteiger partial charge in [-0.15, -0.1) is 0 Å². The second-order valence-corrected chi connectivity index (χ2v) is 7.54. The van der Waals surface area contributed by atoms with Gasteiger partial charge in [0.05, 0.1) is 0 Å². The lowest BCUT2D eigenvalue weighted by molar-refractivity contribution is 0.00897. The van der Waals surface area contributed by atoms with E-state index in [-0.39, 0.29) is 12.1 Å². The fraction of sp³-hybridized carbons (Fsp3) is 0.938. The van der Waals surface area contributed by atoms with Gasteiger partial charge >= 0.3 is 6.09 Å². The summed E-state index contributed by atoms with van der Waals surface area (Å²) >= 11 is 0. The van der Waals surface area contributed by atoms with Gasteiger partial charge in [0.15, 0.2) is 0 Å². The highest BCUT2D eigenvalue weighted by atomic mass is 16.6. The molecule has 2 rings (SSSR count). The third-order valence-corrected chi connectivity index (χ3v) is 4.33. The molecule has 2 aliphatic rings. The number of rotatable bonds is 3. The number of likely N-dealkylation sites (tertiary alicyclic amines) is 1. The molecule has 1 saturated carbocycles. The number of piperidine rings is 1. The van der Waals surface area contributed by atoms with E-state index in [2.05, 4.69) is 19.2 Å². The second-order valence-electron chi connectivity index (χ2n) is 7.54. The number of hydrogen-bond acceptors (Lipinski definition) is 3. The van der Waals surface area contributed by atoms with Crippen LogP contribution in [0.15, 0.2) is 0 Å². The molecular formula is C16H30N2O2. The Morgan fingerprint density at radius 3 is 2.45 bits per heavy atom. The molecule has 4 nitrogen and oxygen atoms in total. The van der Waals surface area contributed by atoms with E-state index in [0.29, 0.717) is 12.1 Å². The number of carbonyl (C=O) groups excluding carboxylic acids is 1. The van der Waals surface area contributed by atoms with Crippen molar-refractivity contribution in [1.82, 2.24) is 10.2 Å². The number of hydrogen-bond donors (Lipinski definition) is 1. The van der Waals surface area contributed by atoms with Crippen LogP contribution in [0, 0.1) is 5.92 Å². The van der Waals surface area contributed by atoms with Crippen LogP contribution in [-0.4, -0.2) is 41.3 Å². The number of ether oxygens (including phenoxy) is 1. The fourth-order valence-electron chi connectivity index (χ4n) is 3.02. The first kappa shape index (κ1) is 15.6. The summed E-state index contributed by atoms with van der Waals surface area (Å²) in [4.78, 5) is 14.0. The van der Waals surface area contributed by atoms with E-state index in [1.807, 2.05) is 25.7 Å². The van der Waals surface area contributed by atoms with Crippen LogP contribution in [0.5, 0.6) is 0 Å². The molecule has 0 aromatic carbocycles. The lowest BCUT2D eigenvalue weighted by Crippen LogP contribution is -2.52. The first-order valence-electron chi connectivity index (χ1n) is 8.02. The summed E-state index contributed by atoms with van der Waals surface area (Å²) in [7, 11) is 0. The minimum Gasteiger partial charge on any atom is -0.444 e. The fourth-order valence-corrected chi connectivity index (χ4v) is 3.02. The molecule has 116 valence electrons. The molecule has 1 N–H and O–H groups in total. The molecule has 1 aliphatic carbocycles. The summed E-state index contributed by atoms with van der Waals surface area (Å²) in [5.74, 6) is 0.884. The summed E-state index contributed by atoms with van der Waals surface area (Å²) in [6.45, 7) is 11.0. The zero-order chi connectivity index (χ0) is 14.9. The molecule has 0 aromatic rings. The van der Waals surface area contributed by atoms with Gasteiger partial charge in [0.25, 0.3) is 0 Å². The van der Waals surface area contributed by atoms with Gasteiger partial charge in [-0.3, -0.25) is 0 Å². The van der Waals surface area contributed by atoms with Gasteiger partial charge in [-0.2, -0.15) is 0 Å².